The quantitative estimate of drug-likeness (QED) is 0.814. The standard InChI is InChI=1S/C14H18N2O2/c1-14(18-3)9-16(10-14)13-5-4-11(7-15)6-12(13)8-17-2/h4-6H,8-10H2,1-3H3. The normalized spacial score (nSPS) is 17.1. The first-order chi connectivity index (χ1) is 8.61. The monoisotopic (exact) mass is 246 g/mol. The van der Waals surface area contributed by atoms with E-state index in [-0.39, 0.29) is 5.60 Å². The molecule has 1 fully saturated rings. The van der Waals surface area contributed by atoms with Crippen molar-refractivity contribution in [2.24, 2.45) is 0 Å². The molecule has 1 aliphatic rings. The number of benzene rings is 1. The van der Waals surface area contributed by atoms with Crippen LogP contribution in [0, 0.1) is 11.3 Å². The number of rotatable bonds is 4. The minimum absolute atomic E-state index is 0.0573. The SMILES string of the molecule is COCc1cc(C#N)ccc1N1CC(C)(OC)C1. The molecule has 4 nitrogen and oxygen atoms in total. The molecular formula is C14H18N2O2. The molecule has 0 aromatic heterocycles. The van der Waals surface area contributed by atoms with Gasteiger partial charge in [-0.05, 0) is 25.1 Å². The van der Waals surface area contributed by atoms with E-state index in [9.17, 15) is 0 Å². The van der Waals surface area contributed by atoms with Gasteiger partial charge in [0.25, 0.3) is 0 Å². The summed E-state index contributed by atoms with van der Waals surface area (Å²) in [5.41, 5.74) is 2.79. The fraction of sp³-hybridized carbons (Fsp3) is 0.500. The van der Waals surface area contributed by atoms with Crippen molar-refractivity contribution in [2.75, 3.05) is 32.2 Å². The third-order valence-corrected chi connectivity index (χ3v) is 3.39. The molecule has 0 bridgehead atoms. The minimum atomic E-state index is -0.0573. The van der Waals surface area contributed by atoms with Crippen molar-refractivity contribution in [3.05, 3.63) is 29.3 Å². The summed E-state index contributed by atoms with van der Waals surface area (Å²) in [6.07, 6.45) is 0. The third-order valence-electron chi connectivity index (χ3n) is 3.39. The molecule has 1 heterocycles. The molecule has 0 saturated carbocycles. The van der Waals surface area contributed by atoms with Gasteiger partial charge in [0.15, 0.2) is 0 Å². The molecule has 0 unspecified atom stereocenters. The Kier molecular flexibility index (Phi) is 3.55. The highest BCUT2D eigenvalue weighted by atomic mass is 16.5. The number of nitrogens with zero attached hydrogens (tertiary/aromatic N) is 2. The molecule has 0 radical (unpaired) electrons. The van der Waals surface area contributed by atoms with E-state index in [0.29, 0.717) is 12.2 Å². The average Bonchev–Trinajstić information content (AvgIpc) is 2.35. The zero-order chi connectivity index (χ0) is 13.2. The van der Waals surface area contributed by atoms with E-state index in [1.54, 1.807) is 14.2 Å². The number of ether oxygens (including phenoxy) is 2. The van der Waals surface area contributed by atoms with E-state index in [4.69, 9.17) is 14.7 Å². The van der Waals surface area contributed by atoms with E-state index in [1.807, 2.05) is 18.2 Å². The van der Waals surface area contributed by atoms with Gasteiger partial charge in [-0.25, -0.2) is 0 Å². The molecular weight excluding hydrogens is 228 g/mol. The lowest BCUT2D eigenvalue weighted by Crippen LogP contribution is -2.61. The molecule has 18 heavy (non-hydrogen) atoms. The van der Waals surface area contributed by atoms with Crippen LogP contribution < -0.4 is 4.90 Å². The van der Waals surface area contributed by atoms with Gasteiger partial charge < -0.3 is 14.4 Å². The maximum absolute atomic E-state index is 8.93. The highest BCUT2D eigenvalue weighted by molar-refractivity contribution is 5.59. The van der Waals surface area contributed by atoms with Gasteiger partial charge in [0, 0.05) is 38.6 Å². The molecule has 0 amide bonds. The average molecular weight is 246 g/mol. The van der Waals surface area contributed by atoms with Crippen LogP contribution in [0.1, 0.15) is 18.1 Å². The van der Waals surface area contributed by atoms with Crippen LogP contribution in [0.2, 0.25) is 0 Å². The van der Waals surface area contributed by atoms with E-state index in [1.165, 1.54) is 0 Å². The zero-order valence-corrected chi connectivity index (χ0v) is 11.1. The highest BCUT2D eigenvalue weighted by Crippen LogP contribution is 2.32. The first-order valence-corrected chi connectivity index (χ1v) is 5.94. The Morgan fingerprint density at radius 3 is 2.67 bits per heavy atom. The Labute approximate surface area is 108 Å². The van der Waals surface area contributed by atoms with Crippen LogP contribution >= 0.6 is 0 Å². The lowest BCUT2D eigenvalue weighted by Gasteiger charge is -2.48. The Hall–Kier alpha value is -1.57. The summed E-state index contributed by atoms with van der Waals surface area (Å²) in [5.74, 6) is 0. The van der Waals surface area contributed by atoms with E-state index in [0.717, 1.165) is 24.3 Å². The molecule has 1 aromatic carbocycles. The summed E-state index contributed by atoms with van der Waals surface area (Å²) < 4.78 is 10.6. The Bertz CT molecular complexity index is 473. The van der Waals surface area contributed by atoms with Gasteiger partial charge in [-0.3, -0.25) is 0 Å². The molecule has 1 saturated heterocycles. The van der Waals surface area contributed by atoms with Gasteiger partial charge in [0.05, 0.1) is 23.8 Å². The van der Waals surface area contributed by atoms with Gasteiger partial charge in [0.2, 0.25) is 0 Å². The lowest BCUT2D eigenvalue weighted by atomic mass is 9.94. The second-order valence-electron chi connectivity index (χ2n) is 4.90. The van der Waals surface area contributed by atoms with Crippen molar-refractivity contribution < 1.29 is 9.47 Å². The maximum Gasteiger partial charge on any atom is 0.0998 e. The largest absolute Gasteiger partial charge is 0.380 e. The number of anilines is 1. The van der Waals surface area contributed by atoms with Gasteiger partial charge >= 0.3 is 0 Å². The van der Waals surface area contributed by atoms with Crippen molar-refractivity contribution in [3.8, 4) is 6.07 Å². The van der Waals surface area contributed by atoms with Crippen LogP contribution in [0.3, 0.4) is 0 Å². The topological polar surface area (TPSA) is 45.5 Å². The Morgan fingerprint density at radius 1 is 1.39 bits per heavy atom. The van der Waals surface area contributed by atoms with Crippen LogP contribution in [0.5, 0.6) is 0 Å². The van der Waals surface area contributed by atoms with E-state index in [2.05, 4.69) is 17.9 Å². The molecule has 4 heteroatoms. The Balaban J connectivity index is 2.21. The fourth-order valence-electron chi connectivity index (χ4n) is 2.30. The summed E-state index contributed by atoms with van der Waals surface area (Å²) in [5, 5.41) is 8.93. The number of nitriles is 1. The van der Waals surface area contributed by atoms with Crippen LogP contribution in [-0.4, -0.2) is 32.9 Å². The van der Waals surface area contributed by atoms with Crippen molar-refractivity contribution >= 4 is 5.69 Å². The predicted octanol–water partition coefficient (Wildman–Crippen LogP) is 1.93. The lowest BCUT2D eigenvalue weighted by molar-refractivity contribution is -0.0169. The molecule has 1 aliphatic heterocycles. The van der Waals surface area contributed by atoms with Gasteiger partial charge in [-0.15, -0.1) is 0 Å². The maximum atomic E-state index is 8.93. The van der Waals surface area contributed by atoms with E-state index >= 15 is 0 Å². The van der Waals surface area contributed by atoms with Crippen LogP contribution in [0.25, 0.3) is 0 Å². The smallest absolute Gasteiger partial charge is 0.0998 e. The molecule has 0 atom stereocenters. The summed E-state index contributed by atoms with van der Waals surface area (Å²) >= 11 is 0. The van der Waals surface area contributed by atoms with Crippen molar-refractivity contribution in [3.63, 3.8) is 0 Å². The first-order valence-electron chi connectivity index (χ1n) is 5.94. The van der Waals surface area contributed by atoms with Crippen molar-refractivity contribution in [1.29, 1.82) is 5.26 Å². The Morgan fingerprint density at radius 2 is 2.11 bits per heavy atom. The summed E-state index contributed by atoms with van der Waals surface area (Å²) in [6, 6.07) is 7.88. The third kappa shape index (κ3) is 2.33. The molecule has 0 aliphatic carbocycles. The van der Waals surface area contributed by atoms with E-state index < -0.39 is 0 Å². The summed E-state index contributed by atoms with van der Waals surface area (Å²) in [7, 11) is 3.41. The molecule has 1 aromatic rings. The van der Waals surface area contributed by atoms with Crippen molar-refractivity contribution in [1.82, 2.24) is 0 Å². The minimum Gasteiger partial charge on any atom is -0.380 e. The van der Waals surface area contributed by atoms with Crippen LogP contribution in [0.15, 0.2) is 18.2 Å². The zero-order valence-electron chi connectivity index (χ0n) is 11.1. The number of hydrogen-bond acceptors (Lipinski definition) is 4. The highest BCUT2D eigenvalue weighted by Gasteiger charge is 2.39. The van der Waals surface area contributed by atoms with Gasteiger partial charge in [-0.1, -0.05) is 0 Å². The van der Waals surface area contributed by atoms with Gasteiger partial charge in [-0.2, -0.15) is 5.26 Å². The predicted molar refractivity (Wildman–Crippen MR) is 69.5 cm³/mol. The van der Waals surface area contributed by atoms with Crippen molar-refractivity contribution in [2.45, 2.75) is 19.1 Å². The fourth-order valence-corrected chi connectivity index (χ4v) is 2.30. The molecule has 2 rings (SSSR count). The molecule has 0 N–H and O–H groups in total. The van der Waals surface area contributed by atoms with Crippen LogP contribution in [0.4, 0.5) is 5.69 Å². The van der Waals surface area contributed by atoms with Gasteiger partial charge in [0.1, 0.15) is 0 Å². The number of hydrogen-bond donors (Lipinski definition) is 0. The summed E-state index contributed by atoms with van der Waals surface area (Å²) in [4.78, 5) is 2.25. The summed E-state index contributed by atoms with van der Waals surface area (Å²) in [6.45, 7) is 4.35. The van der Waals surface area contributed by atoms with Crippen LogP contribution in [-0.2, 0) is 16.1 Å². The molecule has 0 spiro atoms. The number of methoxy groups -OCH3 is 2. The first kappa shape index (κ1) is 12.9. The second kappa shape index (κ2) is 4.97. The molecule has 96 valence electrons. The second-order valence-corrected chi connectivity index (χ2v) is 4.90.